The second-order valence-electron chi connectivity index (χ2n) is 7.47. The van der Waals surface area contributed by atoms with E-state index in [1.54, 1.807) is 23.8 Å². The van der Waals surface area contributed by atoms with Gasteiger partial charge in [0.15, 0.2) is 5.16 Å². The first-order valence-electron chi connectivity index (χ1n) is 10.3. The fourth-order valence-electron chi connectivity index (χ4n) is 3.99. The zero-order chi connectivity index (χ0) is 22.1. The predicted octanol–water partition coefficient (Wildman–Crippen LogP) is 4.08. The predicted molar refractivity (Wildman–Crippen MR) is 127 cm³/mol. The van der Waals surface area contributed by atoms with Crippen molar-refractivity contribution < 1.29 is 9.53 Å². The Labute approximate surface area is 189 Å². The van der Waals surface area contributed by atoms with E-state index in [1.807, 2.05) is 59.5 Å². The van der Waals surface area contributed by atoms with Crippen molar-refractivity contribution in [1.29, 1.82) is 0 Å². The second-order valence-corrected chi connectivity index (χ2v) is 8.41. The Kier molecular flexibility index (Phi) is 5.41. The Balaban J connectivity index is 1.52. The maximum absolute atomic E-state index is 13.4. The van der Waals surface area contributed by atoms with Crippen LogP contribution >= 0.6 is 11.8 Å². The molecule has 160 valence electrons. The molecule has 0 fully saturated rings. The minimum absolute atomic E-state index is 0.000417. The van der Waals surface area contributed by atoms with Gasteiger partial charge in [-0.2, -0.15) is 0 Å². The Morgan fingerprint density at radius 3 is 2.75 bits per heavy atom. The van der Waals surface area contributed by atoms with Gasteiger partial charge in [-0.1, -0.05) is 48.2 Å². The number of thioether (sulfide) groups is 1. The molecular weight excluding hydrogens is 422 g/mol. The molecule has 32 heavy (non-hydrogen) atoms. The lowest BCUT2D eigenvalue weighted by Crippen LogP contribution is -2.31. The van der Waals surface area contributed by atoms with Gasteiger partial charge in [0.2, 0.25) is 5.91 Å². The number of fused-ring (bicyclic) bond motifs is 2. The summed E-state index contributed by atoms with van der Waals surface area (Å²) in [4.78, 5) is 33.0. The monoisotopic (exact) mass is 443 g/mol. The highest BCUT2D eigenvalue weighted by Gasteiger charge is 2.25. The standard InChI is InChI=1S/C25H21N3O3S/c1-31-19-9-6-8-18(15-19)28-24(30)20-10-3-4-11-21(20)26-25(28)32-16-23(29)27-14-13-17-7-2-5-12-22(17)27/h2-12,15H,13-14,16H2,1H3. The lowest BCUT2D eigenvalue weighted by molar-refractivity contribution is -0.116. The Morgan fingerprint density at radius 1 is 1.06 bits per heavy atom. The highest BCUT2D eigenvalue weighted by molar-refractivity contribution is 7.99. The van der Waals surface area contributed by atoms with E-state index in [9.17, 15) is 9.59 Å². The van der Waals surface area contributed by atoms with Crippen LogP contribution in [0.25, 0.3) is 16.6 Å². The van der Waals surface area contributed by atoms with Crippen LogP contribution < -0.4 is 15.2 Å². The summed E-state index contributed by atoms with van der Waals surface area (Å²) in [5.41, 5.74) is 3.23. The number of ether oxygens (including phenoxy) is 1. The van der Waals surface area contributed by atoms with Gasteiger partial charge in [-0.25, -0.2) is 4.98 Å². The van der Waals surface area contributed by atoms with Crippen LogP contribution in [0.1, 0.15) is 5.56 Å². The molecule has 0 atom stereocenters. The van der Waals surface area contributed by atoms with Crippen molar-refractivity contribution in [2.75, 3.05) is 24.3 Å². The van der Waals surface area contributed by atoms with Gasteiger partial charge < -0.3 is 9.64 Å². The van der Waals surface area contributed by atoms with Crippen LogP contribution in [0, 0.1) is 0 Å². The Bertz CT molecular complexity index is 1380. The fourth-order valence-corrected chi connectivity index (χ4v) is 4.88. The van der Waals surface area contributed by atoms with Crippen LogP contribution in [0.15, 0.2) is 82.7 Å². The fraction of sp³-hybridized carbons (Fsp3) is 0.160. The first kappa shape index (κ1) is 20.3. The molecule has 0 spiro atoms. The average Bonchev–Trinajstić information content (AvgIpc) is 3.27. The van der Waals surface area contributed by atoms with Gasteiger partial charge in [0.05, 0.1) is 29.5 Å². The summed E-state index contributed by atoms with van der Waals surface area (Å²) in [6.45, 7) is 0.673. The topological polar surface area (TPSA) is 64.4 Å². The van der Waals surface area contributed by atoms with E-state index in [-0.39, 0.29) is 17.2 Å². The summed E-state index contributed by atoms with van der Waals surface area (Å²) in [5.74, 6) is 0.825. The van der Waals surface area contributed by atoms with Crippen LogP contribution in [-0.2, 0) is 11.2 Å². The summed E-state index contributed by atoms with van der Waals surface area (Å²) in [7, 11) is 1.59. The molecule has 0 saturated carbocycles. The molecular formula is C25H21N3O3S. The van der Waals surface area contributed by atoms with Gasteiger partial charge in [0.25, 0.3) is 5.56 Å². The van der Waals surface area contributed by atoms with Crippen molar-refractivity contribution in [2.45, 2.75) is 11.6 Å². The van der Waals surface area contributed by atoms with E-state index in [4.69, 9.17) is 9.72 Å². The van der Waals surface area contributed by atoms with Crippen LogP contribution in [0.2, 0.25) is 0 Å². The first-order valence-corrected chi connectivity index (χ1v) is 11.3. The maximum atomic E-state index is 13.4. The van der Waals surface area contributed by atoms with E-state index in [0.717, 1.165) is 12.1 Å². The molecule has 7 heteroatoms. The molecule has 1 aliphatic rings. The van der Waals surface area contributed by atoms with Crippen LogP contribution in [0.3, 0.4) is 0 Å². The van der Waals surface area contributed by atoms with E-state index in [1.165, 1.54) is 17.3 Å². The average molecular weight is 444 g/mol. The number of carbonyl (C=O) groups excluding carboxylic acids is 1. The molecule has 0 unspecified atom stereocenters. The maximum Gasteiger partial charge on any atom is 0.266 e. The summed E-state index contributed by atoms with van der Waals surface area (Å²) in [6.07, 6.45) is 0.856. The number of hydrogen-bond acceptors (Lipinski definition) is 5. The number of hydrogen-bond donors (Lipinski definition) is 0. The normalized spacial score (nSPS) is 12.7. The number of anilines is 1. The lowest BCUT2D eigenvalue weighted by Gasteiger charge is -2.18. The Hall–Kier alpha value is -3.58. The van der Waals surface area contributed by atoms with Crippen LogP contribution in [0.5, 0.6) is 5.75 Å². The van der Waals surface area contributed by atoms with Crippen LogP contribution in [0.4, 0.5) is 5.69 Å². The molecule has 4 aromatic rings. The molecule has 6 nitrogen and oxygen atoms in total. The minimum Gasteiger partial charge on any atom is -0.497 e. The molecule has 0 saturated heterocycles. The number of carbonyl (C=O) groups is 1. The third-order valence-corrected chi connectivity index (χ3v) is 6.49. The third-order valence-electron chi connectivity index (χ3n) is 5.57. The largest absolute Gasteiger partial charge is 0.497 e. The van der Waals surface area contributed by atoms with Crippen molar-refractivity contribution in [3.8, 4) is 11.4 Å². The molecule has 5 rings (SSSR count). The smallest absolute Gasteiger partial charge is 0.266 e. The van der Waals surface area contributed by atoms with Gasteiger partial charge in [0.1, 0.15) is 5.75 Å². The van der Waals surface area contributed by atoms with Gasteiger partial charge in [-0.05, 0) is 42.3 Å². The number of nitrogens with zero attached hydrogens (tertiary/aromatic N) is 3. The summed E-state index contributed by atoms with van der Waals surface area (Å²) < 4.78 is 6.90. The Morgan fingerprint density at radius 2 is 1.88 bits per heavy atom. The number of rotatable bonds is 5. The first-order chi connectivity index (χ1) is 15.7. The lowest BCUT2D eigenvalue weighted by atomic mass is 10.2. The van der Waals surface area contributed by atoms with Gasteiger partial charge in [-0.3, -0.25) is 14.2 Å². The highest BCUT2D eigenvalue weighted by atomic mass is 32.2. The molecule has 0 radical (unpaired) electrons. The van der Waals surface area contributed by atoms with E-state index >= 15 is 0 Å². The minimum atomic E-state index is -0.176. The SMILES string of the molecule is COc1cccc(-n2c(SCC(=O)N3CCc4ccccc43)nc3ccccc3c2=O)c1. The molecule has 0 N–H and O–H groups in total. The molecule has 0 aliphatic carbocycles. The molecule has 1 aromatic heterocycles. The summed E-state index contributed by atoms with van der Waals surface area (Å²) in [6, 6.07) is 22.5. The molecule has 0 bridgehead atoms. The number of para-hydroxylation sites is 2. The van der Waals surface area contributed by atoms with Crippen LogP contribution in [-0.4, -0.2) is 34.9 Å². The third kappa shape index (κ3) is 3.65. The second kappa shape index (κ2) is 8.51. The van der Waals surface area contributed by atoms with Gasteiger partial charge >= 0.3 is 0 Å². The van der Waals surface area contributed by atoms with E-state index in [2.05, 4.69) is 6.07 Å². The molecule has 1 aliphatic heterocycles. The van der Waals surface area contributed by atoms with Gasteiger partial charge in [-0.15, -0.1) is 0 Å². The molecule has 3 aromatic carbocycles. The van der Waals surface area contributed by atoms with Gasteiger partial charge in [0, 0.05) is 18.3 Å². The number of aromatic nitrogens is 2. The van der Waals surface area contributed by atoms with Crippen molar-refractivity contribution in [1.82, 2.24) is 9.55 Å². The van der Waals surface area contributed by atoms with Crippen molar-refractivity contribution in [3.05, 3.63) is 88.7 Å². The van der Waals surface area contributed by atoms with E-state index < -0.39 is 0 Å². The highest BCUT2D eigenvalue weighted by Crippen LogP contribution is 2.29. The summed E-state index contributed by atoms with van der Waals surface area (Å²) in [5, 5.41) is 1.00. The number of methoxy groups -OCH3 is 1. The zero-order valence-corrected chi connectivity index (χ0v) is 18.3. The number of amides is 1. The number of benzene rings is 3. The van der Waals surface area contributed by atoms with Crippen molar-refractivity contribution in [3.63, 3.8) is 0 Å². The molecule has 1 amide bonds. The van der Waals surface area contributed by atoms with E-state index in [0.29, 0.717) is 34.0 Å². The summed E-state index contributed by atoms with van der Waals surface area (Å²) >= 11 is 1.27. The van der Waals surface area contributed by atoms with Crippen molar-refractivity contribution in [2.24, 2.45) is 0 Å². The zero-order valence-electron chi connectivity index (χ0n) is 17.5. The molecule has 2 heterocycles. The van der Waals surface area contributed by atoms with Crippen molar-refractivity contribution >= 4 is 34.3 Å². The quantitative estimate of drug-likeness (QED) is 0.344.